The van der Waals surface area contributed by atoms with E-state index in [0.717, 1.165) is 34.7 Å². The monoisotopic (exact) mass is 443 g/mol. The van der Waals surface area contributed by atoms with Gasteiger partial charge in [0.1, 0.15) is 5.01 Å². The van der Waals surface area contributed by atoms with E-state index in [9.17, 15) is 0 Å². The van der Waals surface area contributed by atoms with Crippen LogP contribution in [0, 0.1) is 0 Å². The Morgan fingerprint density at radius 2 is 1.61 bits per heavy atom. The molecule has 0 amide bonds. The van der Waals surface area contributed by atoms with Gasteiger partial charge in [0.25, 0.3) is 0 Å². The first-order valence-electron chi connectivity index (χ1n) is 11.3. The highest BCUT2D eigenvalue weighted by Gasteiger charge is 2.27. The molecule has 0 spiro atoms. The van der Waals surface area contributed by atoms with Crippen LogP contribution in [0.4, 0.5) is 11.4 Å². The number of anilines is 2. The van der Waals surface area contributed by atoms with Gasteiger partial charge in [-0.1, -0.05) is 60.7 Å². The van der Waals surface area contributed by atoms with Crippen LogP contribution < -0.4 is 4.90 Å². The molecule has 0 saturated carbocycles. The van der Waals surface area contributed by atoms with E-state index < -0.39 is 0 Å². The van der Waals surface area contributed by atoms with Crippen LogP contribution >= 0.6 is 11.3 Å². The summed E-state index contributed by atoms with van der Waals surface area (Å²) in [5.74, 6) is 0. The Bertz CT molecular complexity index is 1480. The van der Waals surface area contributed by atoms with E-state index in [1.165, 1.54) is 38.2 Å². The van der Waals surface area contributed by atoms with Crippen LogP contribution in [0.2, 0.25) is 0 Å². The predicted octanol–water partition coefficient (Wildman–Crippen LogP) is 7.81. The van der Waals surface area contributed by atoms with Crippen LogP contribution in [0.25, 0.3) is 42.9 Å². The molecule has 0 fully saturated rings. The van der Waals surface area contributed by atoms with Crippen molar-refractivity contribution in [3.8, 4) is 21.8 Å². The summed E-state index contributed by atoms with van der Waals surface area (Å²) in [5.41, 5.74) is 9.67. The van der Waals surface area contributed by atoms with Crippen molar-refractivity contribution in [1.29, 1.82) is 0 Å². The highest BCUT2D eigenvalue weighted by atomic mass is 32.1. The van der Waals surface area contributed by atoms with Gasteiger partial charge in [-0.15, -0.1) is 11.3 Å². The Labute approximate surface area is 196 Å². The van der Waals surface area contributed by atoms with Gasteiger partial charge in [0.15, 0.2) is 0 Å². The zero-order valence-corrected chi connectivity index (χ0v) is 18.8. The Hall–Kier alpha value is -3.89. The molecule has 7 rings (SSSR count). The van der Waals surface area contributed by atoms with Crippen molar-refractivity contribution >= 4 is 43.8 Å². The lowest BCUT2D eigenvalue weighted by atomic mass is 10.0. The quantitative estimate of drug-likeness (QED) is 0.302. The van der Waals surface area contributed by atoms with E-state index in [2.05, 4.69) is 107 Å². The largest absolute Gasteiger partial charge is 0.354 e. The second kappa shape index (κ2) is 7.32. The van der Waals surface area contributed by atoms with Gasteiger partial charge in [-0.2, -0.15) is 0 Å². The number of hydrogen-bond acceptors (Lipinski definition) is 3. The Balaban J connectivity index is 1.50. The lowest BCUT2D eigenvalue weighted by Gasteiger charge is -2.25. The van der Waals surface area contributed by atoms with Gasteiger partial charge in [0.05, 0.1) is 15.9 Å². The molecule has 158 valence electrons. The number of H-pyrrole nitrogens is 1. The first-order chi connectivity index (χ1) is 16.3. The van der Waals surface area contributed by atoms with Crippen molar-refractivity contribution in [2.45, 2.75) is 6.42 Å². The molecule has 1 aliphatic heterocycles. The lowest BCUT2D eigenvalue weighted by molar-refractivity contribution is 0.999. The molecule has 0 saturated heterocycles. The first kappa shape index (κ1) is 18.7. The maximum absolute atomic E-state index is 5.03. The van der Waals surface area contributed by atoms with Gasteiger partial charge in [-0.25, -0.2) is 4.98 Å². The third kappa shape index (κ3) is 2.99. The zero-order valence-electron chi connectivity index (χ0n) is 18.0. The molecule has 4 aromatic carbocycles. The fourth-order valence-corrected chi connectivity index (χ4v) is 5.99. The minimum absolute atomic E-state index is 0.967. The van der Waals surface area contributed by atoms with Crippen LogP contribution in [0.5, 0.6) is 0 Å². The van der Waals surface area contributed by atoms with Crippen LogP contribution in [0.3, 0.4) is 0 Å². The second-order valence-corrected chi connectivity index (χ2v) is 9.52. The first-order valence-corrected chi connectivity index (χ1v) is 12.1. The number of hydrogen-bond donors (Lipinski definition) is 1. The summed E-state index contributed by atoms with van der Waals surface area (Å²) in [4.78, 5) is 11.2. The molecule has 33 heavy (non-hydrogen) atoms. The lowest BCUT2D eigenvalue weighted by Crippen LogP contribution is -2.15. The second-order valence-electron chi connectivity index (χ2n) is 8.49. The van der Waals surface area contributed by atoms with Crippen molar-refractivity contribution in [3.05, 3.63) is 103 Å². The number of nitrogens with one attached hydrogen (secondary N) is 1. The fraction of sp³-hybridized carbons (Fsp3) is 0.0690. The maximum Gasteiger partial charge on any atom is 0.126 e. The number of thiazole rings is 1. The summed E-state index contributed by atoms with van der Waals surface area (Å²) in [7, 11) is 0. The van der Waals surface area contributed by atoms with Gasteiger partial charge in [0, 0.05) is 40.0 Å². The molecule has 1 aliphatic rings. The summed E-state index contributed by atoms with van der Waals surface area (Å²) in [6.45, 7) is 0.967. The standard InChI is InChI=1S/C29H21N3S/c1-3-12-23-20(9-1)18-25(30-23)21-10-7-11-22(29-31-24-13-4-6-15-27(24)33-29)28(21)32-17-16-19-8-2-5-14-26(19)32/h1-15,18,30H,16-17H2. The van der Waals surface area contributed by atoms with E-state index in [4.69, 9.17) is 4.98 Å². The summed E-state index contributed by atoms with van der Waals surface area (Å²) in [5, 5.41) is 2.29. The fourth-order valence-electron chi connectivity index (χ4n) is 5.00. The summed E-state index contributed by atoms with van der Waals surface area (Å²) >= 11 is 1.77. The molecule has 0 unspecified atom stereocenters. The minimum Gasteiger partial charge on any atom is -0.354 e. The predicted molar refractivity (Wildman–Crippen MR) is 140 cm³/mol. The minimum atomic E-state index is 0.967. The highest BCUT2D eigenvalue weighted by molar-refractivity contribution is 7.21. The average molecular weight is 444 g/mol. The zero-order chi connectivity index (χ0) is 21.8. The van der Waals surface area contributed by atoms with Gasteiger partial charge in [-0.05, 0) is 48.4 Å². The SMILES string of the molecule is c1ccc2c(c1)CCN2c1c(-c2cc3ccccc3[nH]2)cccc1-c1nc2ccccc2s1. The molecular formula is C29H21N3S. The molecular weight excluding hydrogens is 422 g/mol. The van der Waals surface area contributed by atoms with Gasteiger partial charge in [-0.3, -0.25) is 0 Å². The molecule has 0 bridgehead atoms. The van der Waals surface area contributed by atoms with Crippen LogP contribution in [0.15, 0.2) is 97.1 Å². The van der Waals surface area contributed by atoms with Crippen molar-refractivity contribution < 1.29 is 0 Å². The van der Waals surface area contributed by atoms with Gasteiger partial charge >= 0.3 is 0 Å². The summed E-state index contributed by atoms with van der Waals surface area (Å²) < 4.78 is 1.22. The van der Waals surface area contributed by atoms with E-state index in [-0.39, 0.29) is 0 Å². The maximum atomic E-state index is 5.03. The molecule has 0 radical (unpaired) electrons. The molecule has 2 aromatic heterocycles. The number of nitrogens with zero attached hydrogens (tertiary/aromatic N) is 2. The van der Waals surface area contributed by atoms with E-state index in [1.54, 1.807) is 11.3 Å². The topological polar surface area (TPSA) is 31.9 Å². The molecule has 0 atom stereocenters. The smallest absolute Gasteiger partial charge is 0.126 e. The van der Waals surface area contributed by atoms with Gasteiger partial charge in [0.2, 0.25) is 0 Å². The average Bonchev–Trinajstić information content (AvgIpc) is 3.59. The van der Waals surface area contributed by atoms with Crippen molar-refractivity contribution in [2.24, 2.45) is 0 Å². The van der Waals surface area contributed by atoms with Gasteiger partial charge < -0.3 is 9.88 Å². The molecule has 0 aliphatic carbocycles. The number of rotatable bonds is 3. The number of aromatic amines is 1. The third-order valence-corrected chi connectivity index (χ3v) is 7.61. The Kier molecular flexibility index (Phi) is 4.14. The van der Waals surface area contributed by atoms with Crippen LogP contribution in [-0.4, -0.2) is 16.5 Å². The van der Waals surface area contributed by atoms with Crippen molar-refractivity contribution in [2.75, 3.05) is 11.4 Å². The Morgan fingerprint density at radius 3 is 2.55 bits per heavy atom. The molecule has 3 heterocycles. The van der Waals surface area contributed by atoms with Crippen molar-refractivity contribution in [3.63, 3.8) is 0 Å². The third-order valence-electron chi connectivity index (χ3n) is 6.54. The number of fused-ring (bicyclic) bond motifs is 3. The summed E-state index contributed by atoms with van der Waals surface area (Å²) in [6, 6.07) is 34.5. The summed E-state index contributed by atoms with van der Waals surface area (Å²) in [6.07, 6.45) is 1.05. The van der Waals surface area contributed by atoms with Crippen molar-refractivity contribution in [1.82, 2.24) is 9.97 Å². The normalized spacial score (nSPS) is 13.2. The van der Waals surface area contributed by atoms with E-state index >= 15 is 0 Å². The number of aromatic nitrogens is 2. The molecule has 3 nitrogen and oxygen atoms in total. The number of benzene rings is 4. The highest BCUT2D eigenvalue weighted by Crippen LogP contribution is 2.47. The molecule has 6 aromatic rings. The molecule has 1 N–H and O–H groups in total. The Morgan fingerprint density at radius 1 is 0.788 bits per heavy atom. The van der Waals surface area contributed by atoms with Crippen LogP contribution in [-0.2, 0) is 6.42 Å². The van der Waals surface area contributed by atoms with E-state index in [1.807, 2.05) is 0 Å². The number of para-hydroxylation sites is 4. The van der Waals surface area contributed by atoms with Crippen LogP contribution in [0.1, 0.15) is 5.56 Å². The van der Waals surface area contributed by atoms with E-state index in [0.29, 0.717) is 0 Å². The molecule has 4 heteroatoms.